The predicted molar refractivity (Wildman–Crippen MR) is 101 cm³/mol. The van der Waals surface area contributed by atoms with Crippen LogP contribution in [0.2, 0.25) is 0 Å². The summed E-state index contributed by atoms with van der Waals surface area (Å²) in [7, 11) is -3.41. The van der Waals surface area contributed by atoms with Crippen molar-refractivity contribution in [3.8, 4) is 17.0 Å². The molecule has 0 unspecified atom stereocenters. The number of aryl methyl sites for hydroxylation is 1. The smallest absolute Gasteiger partial charge is 0.225 e. The molecule has 1 aromatic carbocycles. The highest BCUT2D eigenvalue weighted by Gasteiger charge is 2.28. The molecule has 0 saturated heterocycles. The molecule has 1 heterocycles. The summed E-state index contributed by atoms with van der Waals surface area (Å²) in [5, 5.41) is 10.8. The standard InChI is InChI=1S/C19H28N2O3S/c1-11-15(21-17(20-11)25(8,23)24)12-9-13(18(2,3)4)16(22)14(10-12)19(5,6)7/h9-10,22H,1-8H3,(H,20,21). The first-order valence-electron chi connectivity index (χ1n) is 8.27. The Balaban J connectivity index is 2.82. The largest absolute Gasteiger partial charge is 0.507 e. The third-order valence-electron chi connectivity index (χ3n) is 4.21. The van der Waals surface area contributed by atoms with Crippen molar-refractivity contribution >= 4 is 9.84 Å². The number of sulfone groups is 1. The molecule has 25 heavy (non-hydrogen) atoms. The van der Waals surface area contributed by atoms with Gasteiger partial charge >= 0.3 is 0 Å². The molecule has 0 saturated carbocycles. The van der Waals surface area contributed by atoms with Crippen LogP contribution in [-0.4, -0.2) is 29.7 Å². The molecule has 0 amide bonds. The molecule has 0 atom stereocenters. The van der Waals surface area contributed by atoms with Crippen molar-refractivity contribution in [3.63, 3.8) is 0 Å². The molecular weight excluding hydrogens is 336 g/mol. The third kappa shape index (κ3) is 3.89. The molecule has 2 rings (SSSR count). The van der Waals surface area contributed by atoms with Crippen molar-refractivity contribution in [2.75, 3.05) is 6.26 Å². The Kier molecular flexibility index (Phi) is 4.58. The lowest BCUT2D eigenvalue weighted by Gasteiger charge is -2.28. The number of aromatic hydroxyl groups is 1. The number of aromatic amines is 1. The molecule has 0 aliphatic carbocycles. The maximum atomic E-state index is 11.8. The number of aromatic nitrogens is 2. The van der Waals surface area contributed by atoms with Crippen LogP contribution in [0.25, 0.3) is 11.3 Å². The van der Waals surface area contributed by atoms with Crippen molar-refractivity contribution in [2.45, 2.75) is 64.5 Å². The first-order valence-corrected chi connectivity index (χ1v) is 10.2. The SMILES string of the molecule is Cc1[nH]c(S(C)(=O)=O)nc1-c1cc(C(C)(C)C)c(O)c(C(C)(C)C)c1. The lowest BCUT2D eigenvalue weighted by molar-refractivity contribution is 0.423. The molecule has 1 aromatic heterocycles. The van der Waals surface area contributed by atoms with E-state index < -0.39 is 9.84 Å². The summed E-state index contributed by atoms with van der Waals surface area (Å²) in [6.45, 7) is 14.0. The zero-order valence-corrected chi connectivity index (χ0v) is 17.1. The normalized spacial score (nSPS) is 13.3. The molecule has 0 spiro atoms. The van der Waals surface area contributed by atoms with Gasteiger partial charge in [0.15, 0.2) is 0 Å². The Morgan fingerprint density at radius 1 is 1.00 bits per heavy atom. The maximum absolute atomic E-state index is 11.8. The highest BCUT2D eigenvalue weighted by atomic mass is 32.2. The fourth-order valence-corrected chi connectivity index (χ4v) is 3.40. The first-order chi connectivity index (χ1) is 11.1. The Bertz CT molecular complexity index is 876. The zero-order valence-electron chi connectivity index (χ0n) is 16.3. The summed E-state index contributed by atoms with van der Waals surface area (Å²) in [5.74, 6) is 0.292. The summed E-state index contributed by atoms with van der Waals surface area (Å²) in [6.07, 6.45) is 1.13. The highest BCUT2D eigenvalue weighted by molar-refractivity contribution is 7.90. The molecule has 0 aliphatic rings. The molecule has 138 valence electrons. The van der Waals surface area contributed by atoms with Crippen LogP contribution in [0.5, 0.6) is 5.75 Å². The molecule has 2 aromatic rings. The van der Waals surface area contributed by atoms with E-state index in [0.717, 1.165) is 22.9 Å². The van der Waals surface area contributed by atoms with Gasteiger partial charge < -0.3 is 10.1 Å². The number of H-pyrrole nitrogens is 1. The van der Waals surface area contributed by atoms with Gasteiger partial charge in [0.1, 0.15) is 5.75 Å². The van der Waals surface area contributed by atoms with Crippen molar-refractivity contribution in [1.82, 2.24) is 9.97 Å². The van der Waals surface area contributed by atoms with Gasteiger partial charge in [0.2, 0.25) is 15.0 Å². The summed E-state index contributed by atoms with van der Waals surface area (Å²) >= 11 is 0. The molecule has 0 aliphatic heterocycles. The van der Waals surface area contributed by atoms with Crippen LogP contribution in [0.15, 0.2) is 17.3 Å². The van der Waals surface area contributed by atoms with Gasteiger partial charge in [-0.15, -0.1) is 0 Å². The van der Waals surface area contributed by atoms with Gasteiger partial charge in [-0.05, 0) is 29.9 Å². The van der Waals surface area contributed by atoms with Crippen molar-refractivity contribution < 1.29 is 13.5 Å². The third-order valence-corrected chi connectivity index (χ3v) is 5.11. The second kappa shape index (κ2) is 5.87. The number of hydrogen-bond donors (Lipinski definition) is 2. The molecule has 2 N–H and O–H groups in total. The average Bonchev–Trinajstić information content (AvgIpc) is 2.78. The van der Waals surface area contributed by atoms with Gasteiger partial charge in [0.05, 0.1) is 5.69 Å². The Morgan fingerprint density at radius 2 is 1.44 bits per heavy atom. The summed E-state index contributed by atoms with van der Waals surface area (Å²) in [4.78, 5) is 7.15. The van der Waals surface area contributed by atoms with Crippen molar-refractivity contribution in [1.29, 1.82) is 0 Å². The van der Waals surface area contributed by atoms with Gasteiger partial charge in [0.25, 0.3) is 0 Å². The van der Waals surface area contributed by atoms with Crippen LogP contribution < -0.4 is 0 Å². The number of nitrogens with one attached hydrogen (secondary N) is 1. The molecule has 5 nitrogen and oxygen atoms in total. The maximum Gasteiger partial charge on any atom is 0.225 e. The molecule has 0 bridgehead atoms. The number of phenols is 1. The topological polar surface area (TPSA) is 83.0 Å². The van der Waals surface area contributed by atoms with Crippen LogP contribution in [0, 0.1) is 6.92 Å². The molecular formula is C19H28N2O3S. The lowest BCUT2D eigenvalue weighted by atomic mass is 9.78. The monoisotopic (exact) mass is 364 g/mol. The van der Waals surface area contributed by atoms with Gasteiger partial charge in [-0.3, -0.25) is 0 Å². The number of nitrogens with zero attached hydrogens (tertiary/aromatic N) is 1. The number of hydrogen-bond acceptors (Lipinski definition) is 4. The quantitative estimate of drug-likeness (QED) is 0.841. The fraction of sp³-hybridized carbons (Fsp3) is 0.526. The van der Waals surface area contributed by atoms with E-state index in [1.54, 1.807) is 6.92 Å². The highest BCUT2D eigenvalue weighted by Crippen LogP contribution is 2.42. The van der Waals surface area contributed by atoms with E-state index in [4.69, 9.17) is 0 Å². The van der Waals surface area contributed by atoms with E-state index in [1.165, 1.54) is 0 Å². The first kappa shape index (κ1) is 19.5. The van der Waals surface area contributed by atoms with Gasteiger partial charge in [0, 0.05) is 28.6 Å². The summed E-state index contributed by atoms with van der Waals surface area (Å²) in [6, 6.07) is 3.81. The second-order valence-corrected chi connectivity index (χ2v) is 10.6. The molecule has 0 fully saturated rings. The Hall–Kier alpha value is -1.82. The van der Waals surface area contributed by atoms with Crippen LogP contribution >= 0.6 is 0 Å². The van der Waals surface area contributed by atoms with E-state index in [1.807, 2.05) is 53.7 Å². The van der Waals surface area contributed by atoms with E-state index in [-0.39, 0.29) is 16.0 Å². The van der Waals surface area contributed by atoms with E-state index >= 15 is 0 Å². The van der Waals surface area contributed by atoms with Crippen molar-refractivity contribution in [3.05, 3.63) is 29.0 Å². The number of imidazole rings is 1. The van der Waals surface area contributed by atoms with Crippen LogP contribution in [-0.2, 0) is 20.7 Å². The molecule has 6 heteroatoms. The predicted octanol–water partition coefficient (Wildman–Crippen LogP) is 4.09. The van der Waals surface area contributed by atoms with Crippen molar-refractivity contribution in [2.24, 2.45) is 0 Å². The van der Waals surface area contributed by atoms with Gasteiger partial charge in [-0.25, -0.2) is 13.4 Å². The Morgan fingerprint density at radius 3 is 1.76 bits per heavy atom. The average molecular weight is 365 g/mol. The second-order valence-electron chi connectivity index (χ2n) is 8.71. The van der Waals surface area contributed by atoms with Crippen LogP contribution in [0.1, 0.15) is 58.4 Å². The lowest BCUT2D eigenvalue weighted by Crippen LogP contribution is -2.17. The molecule has 0 radical (unpaired) electrons. The minimum atomic E-state index is -3.41. The van der Waals surface area contributed by atoms with E-state index in [2.05, 4.69) is 9.97 Å². The zero-order chi connectivity index (χ0) is 19.4. The van der Waals surface area contributed by atoms with Crippen LogP contribution in [0.3, 0.4) is 0 Å². The van der Waals surface area contributed by atoms with Gasteiger partial charge in [-0.2, -0.15) is 0 Å². The van der Waals surface area contributed by atoms with E-state index in [0.29, 0.717) is 17.1 Å². The summed E-state index contributed by atoms with van der Waals surface area (Å²) in [5.41, 5.74) is 3.20. The van der Waals surface area contributed by atoms with E-state index in [9.17, 15) is 13.5 Å². The Labute approximate surface area is 150 Å². The van der Waals surface area contributed by atoms with Crippen LogP contribution in [0.4, 0.5) is 0 Å². The summed E-state index contributed by atoms with van der Waals surface area (Å²) < 4.78 is 23.6. The fourth-order valence-electron chi connectivity index (χ4n) is 2.80. The number of rotatable bonds is 2. The number of benzene rings is 1. The number of phenolic OH excluding ortho intramolecular Hbond substituents is 1. The minimum Gasteiger partial charge on any atom is -0.507 e. The minimum absolute atomic E-state index is 0.0392. The van der Waals surface area contributed by atoms with Gasteiger partial charge in [-0.1, -0.05) is 41.5 Å².